The predicted molar refractivity (Wildman–Crippen MR) is 67.5 cm³/mol. The van der Waals surface area contributed by atoms with Crippen molar-refractivity contribution in [1.82, 2.24) is 0 Å². The highest BCUT2D eigenvalue weighted by molar-refractivity contribution is 5.21. The van der Waals surface area contributed by atoms with Crippen LogP contribution in [0.4, 0.5) is 0 Å². The third-order valence-electron chi connectivity index (χ3n) is 3.39. The summed E-state index contributed by atoms with van der Waals surface area (Å²) in [6, 6.07) is 10.6. The molecule has 0 bridgehead atoms. The number of rotatable bonds is 2. The largest absolute Gasteiger partial charge is 0.373 e. The van der Waals surface area contributed by atoms with Crippen LogP contribution in [-0.4, -0.2) is 12.7 Å². The summed E-state index contributed by atoms with van der Waals surface area (Å²) in [4.78, 5) is 0. The molecule has 1 heteroatoms. The van der Waals surface area contributed by atoms with Crippen molar-refractivity contribution in [3.63, 3.8) is 0 Å². The van der Waals surface area contributed by atoms with Crippen molar-refractivity contribution in [2.45, 2.75) is 32.8 Å². The maximum Gasteiger partial charge on any atom is 0.0705 e. The first kappa shape index (κ1) is 11.4. The van der Waals surface area contributed by atoms with E-state index in [-0.39, 0.29) is 0 Å². The smallest absolute Gasteiger partial charge is 0.0705 e. The molecule has 0 aliphatic carbocycles. The van der Waals surface area contributed by atoms with Crippen molar-refractivity contribution < 1.29 is 4.74 Å². The lowest BCUT2D eigenvalue weighted by Gasteiger charge is -2.32. The average Bonchev–Trinajstić information content (AvgIpc) is 2.29. The van der Waals surface area contributed by atoms with Gasteiger partial charge in [0, 0.05) is 11.8 Å². The lowest BCUT2D eigenvalue weighted by atomic mass is 9.86. The quantitative estimate of drug-likeness (QED) is 0.684. The Labute approximate surface area is 98.1 Å². The molecule has 1 nitrogen and oxygen atoms in total. The van der Waals surface area contributed by atoms with Gasteiger partial charge in [-0.3, -0.25) is 0 Å². The molecule has 0 fully saturated rings. The molecule has 0 aromatic heterocycles. The first-order valence-electron chi connectivity index (χ1n) is 6.02. The van der Waals surface area contributed by atoms with Crippen LogP contribution in [0, 0.1) is 5.92 Å². The molecule has 1 unspecified atom stereocenters. The van der Waals surface area contributed by atoms with Gasteiger partial charge in [0.15, 0.2) is 0 Å². The van der Waals surface area contributed by atoms with Gasteiger partial charge in [0.2, 0.25) is 0 Å². The van der Waals surface area contributed by atoms with Gasteiger partial charge in [0.05, 0.1) is 12.7 Å². The minimum atomic E-state index is 0.311. The van der Waals surface area contributed by atoms with Crippen LogP contribution in [0.1, 0.15) is 32.3 Å². The standard InChI is InChI=1S/C15H20O/c1-11-9-12(2)15(16-10-11)13(3)14-7-5-4-6-8-14/h4-9,12-13,15H,10H2,1-3H3/t12-,13?,15-/m1/s1. The van der Waals surface area contributed by atoms with Gasteiger partial charge < -0.3 is 4.74 Å². The molecule has 1 aromatic rings. The summed E-state index contributed by atoms with van der Waals surface area (Å²) in [7, 11) is 0. The van der Waals surface area contributed by atoms with Crippen molar-refractivity contribution >= 4 is 0 Å². The molecule has 0 N–H and O–H groups in total. The van der Waals surface area contributed by atoms with Gasteiger partial charge in [0.25, 0.3) is 0 Å². The van der Waals surface area contributed by atoms with Crippen molar-refractivity contribution in [3.8, 4) is 0 Å². The van der Waals surface area contributed by atoms with Crippen molar-refractivity contribution in [3.05, 3.63) is 47.5 Å². The number of hydrogen-bond donors (Lipinski definition) is 0. The van der Waals surface area contributed by atoms with E-state index in [4.69, 9.17) is 4.74 Å². The third kappa shape index (κ3) is 2.35. The van der Waals surface area contributed by atoms with Crippen LogP contribution in [-0.2, 0) is 4.74 Å². The zero-order valence-electron chi connectivity index (χ0n) is 10.3. The molecule has 3 atom stereocenters. The van der Waals surface area contributed by atoms with Crippen LogP contribution in [0.25, 0.3) is 0 Å². The van der Waals surface area contributed by atoms with Crippen LogP contribution in [0.2, 0.25) is 0 Å². The zero-order valence-corrected chi connectivity index (χ0v) is 10.3. The first-order valence-corrected chi connectivity index (χ1v) is 6.02. The Balaban J connectivity index is 2.14. The van der Waals surface area contributed by atoms with E-state index in [0.29, 0.717) is 17.9 Å². The maximum atomic E-state index is 5.95. The summed E-state index contributed by atoms with van der Waals surface area (Å²) in [5, 5.41) is 0. The molecule has 1 aliphatic rings. The minimum Gasteiger partial charge on any atom is -0.373 e. The highest BCUT2D eigenvalue weighted by atomic mass is 16.5. The lowest BCUT2D eigenvalue weighted by molar-refractivity contribution is 0.0171. The van der Waals surface area contributed by atoms with Gasteiger partial charge >= 0.3 is 0 Å². The van der Waals surface area contributed by atoms with E-state index in [0.717, 1.165) is 6.61 Å². The monoisotopic (exact) mass is 216 g/mol. The zero-order chi connectivity index (χ0) is 11.5. The van der Waals surface area contributed by atoms with Crippen molar-refractivity contribution in [1.29, 1.82) is 0 Å². The topological polar surface area (TPSA) is 9.23 Å². The minimum absolute atomic E-state index is 0.311. The third-order valence-corrected chi connectivity index (χ3v) is 3.39. The Bertz CT molecular complexity index is 366. The van der Waals surface area contributed by atoms with Crippen LogP contribution in [0.5, 0.6) is 0 Å². The van der Waals surface area contributed by atoms with E-state index >= 15 is 0 Å². The van der Waals surface area contributed by atoms with Crippen LogP contribution < -0.4 is 0 Å². The van der Waals surface area contributed by atoms with Gasteiger partial charge in [-0.15, -0.1) is 0 Å². The lowest BCUT2D eigenvalue weighted by Crippen LogP contribution is -2.30. The molecule has 0 radical (unpaired) electrons. The molecule has 0 saturated heterocycles. The molecule has 2 rings (SSSR count). The number of ether oxygens (including phenoxy) is 1. The molecular weight excluding hydrogens is 196 g/mol. The van der Waals surface area contributed by atoms with Gasteiger partial charge in [-0.1, -0.05) is 55.8 Å². The summed E-state index contributed by atoms with van der Waals surface area (Å²) in [6.07, 6.45) is 2.65. The fourth-order valence-corrected chi connectivity index (χ4v) is 2.52. The Hall–Kier alpha value is -1.08. The Morgan fingerprint density at radius 1 is 1.25 bits per heavy atom. The molecule has 0 saturated carbocycles. The maximum absolute atomic E-state index is 5.95. The molecule has 0 spiro atoms. The number of benzene rings is 1. The van der Waals surface area contributed by atoms with Gasteiger partial charge in [0.1, 0.15) is 0 Å². The summed E-state index contributed by atoms with van der Waals surface area (Å²) < 4.78 is 5.95. The van der Waals surface area contributed by atoms with Crippen molar-refractivity contribution in [2.24, 2.45) is 5.92 Å². The van der Waals surface area contributed by atoms with E-state index in [1.165, 1.54) is 11.1 Å². The molecule has 1 aliphatic heterocycles. The normalized spacial score (nSPS) is 27.3. The highest BCUT2D eigenvalue weighted by Crippen LogP contribution is 2.30. The molecular formula is C15H20O. The summed E-state index contributed by atoms with van der Waals surface area (Å²) in [5.74, 6) is 0.963. The second-order valence-electron chi connectivity index (χ2n) is 4.85. The SMILES string of the molecule is CC1=C[C@@H](C)[C@H](C(C)c2ccccc2)OC1. The van der Waals surface area contributed by atoms with Crippen molar-refractivity contribution in [2.75, 3.05) is 6.61 Å². The predicted octanol–water partition coefficient (Wildman–Crippen LogP) is 3.77. The second-order valence-corrected chi connectivity index (χ2v) is 4.85. The van der Waals surface area contributed by atoms with Gasteiger partial charge in [-0.05, 0) is 12.5 Å². The Kier molecular flexibility index (Phi) is 3.45. The first-order chi connectivity index (χ1) is 7.68. The van der Waals surface area contributed by atoms with E-state index in [1.807, 2.05) is 0 Å². The second kappa shape index (κ2) is 4.84. The van der Waals surface area contributed by atoms with Crippen LogP contribution in [0.3, 0.4) is 0 Å². The summed E-state index contributed by atoms with van der Waals surface area (Å²) >= 11 is 0. The average molecular weight is 216 g/mol. The Morgan fingerprint density at radius 2 is 1.94 bits per heavy atom. The molecule has 1 heterocycles. The van der Waals surface area contributed by atoms with E-state index in [2.05, 4.69) is 57.2 Å². The van der Waals surface area contributed by atoms with Crippen LogP contribution in [0.15, 0.2) is 42.0 Å². The van der Waals surface area contributed by atoms with Gasteiger partial charge in [-0.2, -0.15) is 0 Å². The molecule has 0 amide bonds. The van der Waals surface area contributed by atoms with E-state index in [9.17, 15) is 0 Å². The fourth-order valence-electron chi connectivity index (χ4n) is 2.52. The molecule has 86 valence electrons. The fraction of sp³-hybridized carbons (Fsp3) is 0.467. The van der Waals surface area contributed by atoms with E-state index in [1.54, 1.807) is 0 Å². The molecule has 1 aromatic carbocycles. The van der Waals surface area contributed by atoms with E-state index < -0.39 is 0 Å². The number of hydrogen-bond acceptors (Lipinski definition) is 1. The summed E-state index contributed by atoms with van der Waals surface area (Å²) in [6.45, 7) is 7.42. The van der Waals surface area contributed by atoms with Gasteiger partial charge in [-0.25, -0.2) is 0 Å². The molecule has 16 heavy (non-hydrogen) atoms. The summed E-state index contributed by atoms with van der Waals surface area (Å²) in [5.41, 5.74) is 2.72. The van der Waals surface area contributed by atoms with Crippen LogP contribution >= 0.6 is 0 Å². The Morgan fingerprint density at radius 3 is 2.56 bits per heavy atom. The highest BCUT2D eigenvalue weighted by Gasteiger charge is 2.27.